The topological polar surface area (TPSA) is 55.8 Å². The molecule has 1 saturated heterocycles. The second kappa shape index (κ2) is 5.07. The van der Waals surface area contributed by atoms with E-state index < -0.39 is 24.3 Å². The van der Waals surface area contributed by atoms with Crippen LogP contribution >= 0.6 is 0 Å². The monoisotopic (exact) mass is 285 g/mol. The summed E-state index contributed by atoms with van der Waals surface area (Å²) in [6.45, 7) is 0.461. The number of methoxy groups -OCH3 is 1. The van der Waals surface area contributed by atoms with Gasteiger partial charge >= 0.3 is 11.9 Å². The maximum atomic E-state index is 13.0. The zero-order valence-electron chi connectivity index (χ0n) is 11.0. The van der Waals surface area contributed by atoms with E-state index in [1.807, 2.05) is 0 Å². The number of nitrogens with zero attached hydrogens (tertiary/aromatic N) is 1. The number of β-lactam (4-membered cyclic amide) rings is 1. The number of halogens is 2. The van der Waals surface area contributed by atoms with Crippen molar-refractivity contribution >= 4 is 17.6 Å². The second-order valence-electron chi connectivity index (χ2n) is 4.37. The summed E-state index contributed by atoms with van der Waals surface area (Å²) in [6, 6.07) is 4.64. The van der Waals surface area contributed by atoms with Crippen LogP contribution in [0.4, 0.5) is 14.5 Å². The number of anilines is 1. The first-order chi connectivity index (χ1) is 9.35. The number of hydrogen-bond acceptors (Lipinski definition) is 4. The highest BCUT2D eigenvalue weighted by atomic mass is 19.3. The third kappa shape index (κ3) is 2.56. The highest BCUT2D eigenvalue weighted by Crippen LogP contribution is 2.37. The summed E-state index contributed by atoms with van der Waals surface area (Å²) in [5.41, 5.74) is 0.728. The fraction of sp³-hybridized carbons (Fsp3) is 0.385. The Morgan fingerprint density at radius 2 is 2.15 bits per heavy atom. The predicted molar refractivity (Wildman–Crippen MR) is 65.8 cm³/mol. The summed E-state index contributed by atoms with van der Waals surface area (Å²) in [6.07, 6.45) is 0. The molecule has 0 aromatic heterocycles. The van der Waals surface area contributed by atoms with E-state index in [2.05, 4.69) is 0 Å². The van der Waals surface area contributed by atoms with Crippen LogP contribution in [0.2, 0.25) is 0 Å². The minimum Gasteiger partial charge on any atom is -0.497 e. The molecular formula is C13H13F2NO4. The molecule has 5 nitrogen and oxygen atoms in total. The number of hydrogen-bond donors (Lipinski definition) is 0. The van der Waals surface area contributed by atoms with Gasteiger partial charge in [0, 0.05) is 18.6 Å². The maximum Gasteiger partial charge on any atom is 0.342 e. The van der Waals surface area contributed by atoms with Crippen LogP contribution < -0.4 is 9.64 Å². The molecule has 0 aliphatic carbocycles. The lowest BCUT2D eigenvalue weighted by Gasteiger charge is -2.38. The summed E-state index contributed by atoms with van der Waals surface area (Å²) in [5, 5.41) is 0. The molecule has 1 aliphatic rings. The minimum atomic E-state index is -3.33. The predicted octanol–water partition coefficient (Wildman–Crippen LogP) is 1.74. The van der Waals surface area contributed by atoms with Gasteiger partial charge in [-0.1, -0.05) is 0 Å². The Hall–Kier alpha value is -2.18. The van der Waals surface area contributed by atoms with Crippen molar-refractivity contribution in [1.29, 1.82) is 0 Å². The molecule has 0 saturated carbocycles. The van der Waals surface area contributed by atoms with E-state index in [0.717, 1.165) is 4.90 Å². The smallest absolute Gasteiger partial charge is 0.342 e. The van der Waals surface area contributed by atoms with E-state index in [9.17, 15) is 18.4 Å². The van der Waals surface area contributed by atoms with E-state index in [-0.39, 0.29) is 12.3 Å². The number of ether oxygens (including phenoxy) is 2. The number of alkyl halides is 2. The van der Waals surface area contributed by atoms with E-state index in [1.165, 1.54) is 20.1 Å². The van der Waals surface area contributed by atoms with Crippen LogP contribution in [0, 0.1) is 0 Å². The zero-order valence-corrected chi connectivity index (χ0v) is 11.0. The maximum absolute atomic E-state index is 13.0. The first-order valence-electron chi connectivity index (χ1n) is 5.85. The number of rotatable bonds is 4. The van der Waals surface area contributed by atoms with E-state index in [4.69, 9.17) is 9.47 Å². The van der Waals surface area contributed by atoms with Gasteiger partial charge in [-0.3, -0.25) is 14.5 Å². The first kappa shape index (κ1) is 14.2. The van der Waals surface area contributed by atoms with Crippen molar-refractivity contribution in [2.24, 2.45) is 0 Å². The lowest BCUT2D eigenvalue weighted by Crippen LogP contribution is -2.62. The molecule has 108 valence electrons. The van der Waals surface area contributed by atoms with Gasteiger partial charge in [-0.15, -0.1) is 0 Å². The molecule has 1 aromatic carbocycles. The highest BCUT2D eigenvalue weighted by Gasteiger charge is 2.55. The summed E-state index contributed by atoms with van der Waals surface area (Å²) in [7, 11) is 1.43. The number of carbonyl (C=O) groups is 2. The van der Waals surface area contributed by atoms with Crippen LogP contribution in [0.3, 0.4) is 0 Å². The molecule has 7 heteroatoms. The molecule has 0 unspecified atom stereocenters. The highest BCUT2D eigenvalue weighted by molar-refractivity contribution is 6.06. The van der Waals surface area contributed by atoms with Crippen LogP contribution in [-0.2, 0) is 20.9 Å². The largest absolute Gasteiger partial charge is 0.497 e. The molecule has 0 atom stereocenters. The second-order valence-corrected chi connectivity index (χ2v) is 4.37. The number of carbonyl (C=O) groups excluding carboxylic acids is 2. The zero-order chi connectivity index (χ0) is 14.9. The number of benzene rings is 1. The fourth-order valence-electron chi connectivity index (χ4n) is 1.86. The van der Waals surface area contributed by atoms with Crippen molar-refractivity contribution in [2.75, 3.05) is 18.6 Å². The van der Waals surface area contributed by atoms with Crippen molar-refractivity contribution in [3.05, 3.63) is 23.8 Å². The Balaban J connectivity index is 2.29. The number of amides is 1. The Kier molecular flexibility index (Phi) is 3.61. The van der Waals surface area contributed by atoms with Crippen molar-refractivity contribution in [3.63, 3.8) is 0 Å². The van der Waals surface area contributed by atoms with Crippen LogP contribution in [0.5, 0.6) is 5.75 Å². The van der Waals surface area contributed by atoms with Gasteiger partial charge in [0.1, 0.15) is 12.4 Å². The molecule has 1 fully saturated rings. The molecule has 1 aliphatic heterocycles. The quantitative estimate of drug-likeness (QED) is 0.624. The van der Waals surface area contributed by atoms with Gasteiger partial charge in [-0.25, -0.2) is 0 Å². The molecule has 2 rings (SSSR count). The Bertz CT molecular complexity index is 559. The van der Waals surface area contributed by atoms with Gasteiger partial charge < -0.3 is 9.47 Å². The Morgan fingerprint density at radius 3 is 2.65 bits per heavy atom. The fourth-order valence-corrected chi connectivity index (χ4v) is 1.86. The minimum absolute atomic E-state index is 0.0932. The number of esters is 1. The molecule has 0 radical (unpaired) electrons. The summed E-state index contributed by atoms with van der Waals surface area (Å²) in [5.74, 6) is -4.67. The molecule has 1 heterocycles. The molecule has 0 spiro atoms. The summed E-state index contributed by atoms with van der Waals surface area (Å²) in [4.78, 5) is 23.2. The van der Waals surface area contributed by atoms with Gasteiger partial charge in [-0.2, -0.15) is 8.78 Å². The van der Waals surface area contributed by atoms with E-state index in [0.29, 0.717) is 11.3 Å². The van der Waals surface area contributed by atoms with Gasteiger partial charge in [0.05, 0.1) is 19.3 Å². The van der Waals surface area contributed by atoms with Gasteiger partial charge in [-0.05, 0) is 12.1 Å². The molecular weight excluding hydrogens is 272 g/mol. The molecule has 1 aromatic rings. The van der Waals surface area contributed by atoms with Crippen LogP contribution in [0.1, 0.15) is 12.5 Å². The Morgan fingerprint density at radius 1 is 1.45 bits per heavy atom. The molecule has 0 bridgehead atoms. The SMILES string of the molecule is COc1ccc(COC(C)=O)c(N2CC(F)(F)C2=O)c1. The molecule has 1 amide bonds. The van der Waals surface area contributed by atoms with Crippen molar-refractivity contribution < 1.29 is 27.8 Å². The van der Waals surface area contributed by atoms with Crippen LogP contribution in [0.15, 0.2) is 18.2 Å². The first-order valence-corrected chi connectivity index (χ1v) is 5.85. The lowest BCUT2D eigenvalue weighted by molar-refractivity contribution is -0.152. The summed E-state index contributed by atoms with van der Waals surface area (Å²) >= 11 is 0. The van der Waals surface area contributed by atoms with Gasteiger partial charge in [0.2, 0.25) is 0 Å². The summed E-state index contributed by atoms with van der Waals surface area (Å²) < 4.78 is 35.8. The normalized spacial score (nSPS) is 16.6. The van der Waals surface area contributed by atoms with Gasteiger partial charge in [0.15, 0.2) is 0 Å². The van der Waals surface area contributed by atoms with Crippen molar-refractivity contribution in [1.82, 2.24) is 0 Å². The van der Waals surface area contributed by atoms with Crippen molar-refractivity contribution in [3.8, 4) is 5.75 Å². The van der Waals surface area contributed by atoms with Crippen LogP contribution in [0.25, 0.3) is 0 Å². The average molecular weight is 285 g/mol. The average Bonchev–Trinajstić information content (AvgIpc) is 2.42. The molecule has 20 heavy (non-hydrogen) atoms. The third-order valence-corrected chi connectivity index (χ3v) is 2.93. The van der Waals surface area contributed by atoms with E-state index >= 15 is 0 Å². The van der Waals surface area contributed by atoms with Gasteiger partial charge in [0.25, 0.3) is 5.91 Å². The van der Waals surface area contributed by atoms with Crippen molar-refractivity contribution in [2.45, 2.75) is 19.5 Å². The Labute approximate surface area is 114 Å². The van der Waals surface area contributed by atoms with Crippen LogP contribution in [-0.4, -0.2) is 31.5 Å². The molecule has 0 N–H and O–H groups in total. The lowest BCUT2D eigenvalue weighted by atomic mass is 10.0. The third-order valence-electron chi connectivity index (χ3n) is 2.93. The standard InChI is InChI=1S/C13H13F2NO4/c1-8(17)20-6-9-3-4-10(19-2)5-11(9)16-7-13(14,15)12(16)18/h3-5H,6-7H2,1-2H3. The van der Waals surface area contributed by atoms with E-state index in [1.54, 1.807) is 12.1 Å².